The number of hydrogen-bond acceptors (Lipinski definition) is 5. The van der Waals surface area contributed by atoms with E-state index < -0.39 is 41.6 Å². The number of nitrogens with one attached hydrogen (secondary N) is 1. The molecule has 0 atom stereocenters. The second-order valence-corrected chi connectivity index (χ2v) is 4.07. The molecule has 2 N–H and O–H groups in total. The lowest BCUT2D eigenvalue weighted by Crippen LogP contribution is -2.38. The molecule has 2 heterocycles. The van der Waals surface area contributed by atoms with E-state index in [-0.39, 0.29) is 26.3 Å². The van der Waals surface area contributed by atoms with Gasteiger partial charge < -0.3 is 20.1 Å². The Kier molecular flexibility index (Phi) is 4.28. The van der Waals surface area contributed by atoms with Crippen LogP contribution in [0.5, 0.6) is 0 Å². The first-order chi connectivity index (χ1) is 9.50. The van der Waals surface area contributed by atoms with Gasteiger partial charge in [0.15, 0.2) is 11.6 Å². The molecule has 1 aliphatic rings. The van der Waals surface area contributed by atoms with Gasteiger partial charge in [-0.25, -0.2) is 4.39 Å². The van der Waals surface area contributed by atoms with Crippen LogP contribution in [0.25, 0.3) is 0 Å². The van der Waals surface area contributed by atoms with E-state index in [0.29, 0.717) is 0 Å². The lowest BCUT2D eigenvalue weighted by atomic mass is 10.2. The number of ether oxygens (including phenoxy) is 1. The number of halogens is 3. The maximum Gasteiger partial charge on any atom is 0.322 e. The van der Waals surface area contributed by atoms with E-state index in [9.17, 15) is 18.0 Å². The van der Waals surface area contributed by atoms with Gasteiger partial charge in [0, 0.05) is 13.1 Å². The topological polar surface area (TPSA) is 74.7 Å². The van der Waals surface area contributed by atoms with Gasteiger partial charge in [0.05, 0.1) is 13.2 Å². The summed E-state index contributed by atoms with van der Waals surface area (Å²) in [5.41, 5.74) is -0.561. The maximum atomic E-state index is 14.1. The number of carbonyl (C=O) groups is 1. The van der Waals surface area contributed by atoms with Crippen molar-refractivity contribution < 1.29 is 27.8 Å². The van der Waals surface area contributed by atoms with Crippen LogP contribution in [-0.2, 0) is 9.53 Å². The fraction of sp³-hybridized carbons (Fsp3) is 0.455. The van der Waals surface area contributed by atoms with Crippen LogP contribution < -0.4 is 10.2 Å². The molecular weight excluding hydrogens is 279 g/mol. The Morgan fingerprint density at radius 3 is 2.55 bits per heavy atom. The first kappa shape index (κ1) is 14.4. The van der Waals surface area contributed by atoms with E-state index in [4.69, 9.17) is 9.84 Å². The highest BCUT2D eigenvalue weighted by molar-refractivity contribution is 5.73. The first-order valence-electron chi connectivity index (χ1n) is 5.83. The van der Waals surface area contributed by atoms with Gasteiger partial charge in [-0.2, -0.15) is 13.8 Å². The van der Waals surface area contributed by atoms with Crippen LogP contribution in [0.15, 0.2) is 0 Å². The summed E-state index contributed by atoms with van der Waals surface area (Å²) in [6.07, 6.45) is 0. The number of carboxylic acid groups (broad SMARTS) is 1. The summed E-state index contributed by atoms with van der Waals surface area (Å²) >= 11 is 0. The van der Waals surface area contributed by atoms with E-state index in [2.05, 4.69) is 10.3 Å². The lowest BCUT2D eigenvalue weighted by molar-refractivity contribution is -0.134. The predicted molar refractivity (Wildman–Crippen MR) is 63.3 cm³/mol. The van der Waals surface area contributed by atoms with Gasteiger partial charge in [0.2, 0.25) is 5.82 Å². The molecule has 0 bridgehead atoms. The zero-order valence-corrected chi connectivity index (χ0v) is 10.3. The van der Waals surface area contributed by atoms with Crippen LogP contribution in [0, 0.1) is 17.6 Å². The highest BCUT2D eigenvalue weighted by Gasteiger charge is 2.26. The summed E-state index contributed by atoms with van der Waals surface area (Å²) in [6.45, 7) is 0.282. The zero-order chi connectivity index (χ0) is 14.7. The van der Waals surface area contributed by atoms with Gasteiger partial charge in [-0.15, -0.1) is 0 Å². The van der Waals surface area contributed by atoms with Gasteiger partial charge in [0.1, 0.15) is 12.2 Å². The second-order valence-electron chi connectivity index (χ2n) is 4.07. The number of hydrogen-bond donors (Lipinski definition) is 2. The molecule has 0 radical (unpaired) electrons. The Bertz CT molecular complexity index is 521. The van der Waals surface area contributed by atoms with Crippen molar-refractivity contribution in [2.45, 2.75) is 0 Å². The highest BCUT2D eigenvalue weighted by Crippen LogP contribution is 2.29. The third-order valence-corrected chi connectivity index (χ3v) is 2.75. The van der Waals surface area contributed by atoms with Crippen molar-refractivity contribution in [2.24, 2.45) is 0 Å². The van der Waals surface area contributed by atoms with Gasteiger partial charge in [-0.1, -0.05) is 0 Å². The number of anilines is 2. The number of aromatic nitrogens is 1. The number of rotatable bonds is 4. The van der Waals surface area contributed by atoms with Crippen LogP contribution in [0.2, 0.25) is 0 Å². The third-order valence-electron chi connectivity index (χ3n) is 2.75. The van der Waals surface area contributed by atoms with Crippen molar-refractivity contribution >= 4 is 17.5 Å². The fourth-order valence-corrected chi connectivity index (χ4v) is 1.84. The molecule has 9 heteroatoms. The lowest BCUT2D eigenvalue weighted by Gasteiger charge is -2.29. The summed E-state index contributed by atoms with van der Waals surface area (Å²) in [5.74, 6) is -5.91. The van der Waals surface area contributed by atoms with Crippen molar-refractivity contribution in [3.05, 3.63) is 17.6 Å². The molecule has 20 heavy (non-hydrogen) atoms. The molecule has 0 amide bonds. The summed E-state index contributed by atoms with van der Waals surface area (Å²) in [6, 6.07) is 0. The molecule has 2 rings (SSSR count). The molecule has 110 valence electrons. The largest absolute Gasteiger partial charge is 0.480 e. The van der Waals surface area contributed by atoms with Gasteiger partial charge in [-0.3, -0.25) is 4.79 Å². The van der Waals surface area contributed by atoms with Crippen LogP contribution in [0.3, 0.4) is 0 Å². The molecular formula is C11H12F3N3O3. The Hall–Kier alpha value is -2.03. The third kappa shape index (κ3) is 2.93. The molecule has 1 aromatic rings. The van der Waals surface area contributed by atoms with Crippen LogP contribution in [0.4, 0.5) is 24.7 Å². The van der Waals surface area contributed by atoms with Crippen molar-refractivity contribution in [3.63, 3.8) is 0 Å². The number of pyridine rings is 1. The summed E-state index contributed by atoms with van der Waals surface area (Å²) in [7, 11) is 0. The minimum Gasteiger partial charge on any atom is -0.480 e. The molecule has 1 aromatic heterocycles. The quantitative estimate of drug-likeness (QED) is 0.801. The SMILES string of the molecule is O=C(O)CNc1nc(F)c(F)c(N2CCOCC2)c1F. The summed E-state index contributed by atoms with van der Waals surface area (Å²) in [4.78, 5) is 14.8. The minimum atomic E-state index is -1.49. The summed E-state index contributed by atoms with van der Waals surface area (Å²) < 4.78 is 46.3. The van der Waals surface area contributed by atoms with E-state index >= 15 is 0 Å². The molecule has 0 saturated carbocycles. The number of nitrogens with zero attached hydrogens (tertiary/aromatic N) is 2. The fourth-order valence-electron chi connectivity index (χ4n) is 1.84. The van der Waals surface area contributed by atoms with Crippen molar-refractivity contribution in [3.8, 4) is 0 Å². The Labute approximate surface area is 112 Å². The maximum absolute atomic E-state index is 14.1. The standard InChI is InChI=1S/C11H12F3N3O3/c12-7-9(17-1-3-20-4-2-17)8(13)11(16-10(7)14)15-5-6(18)19/h1-5H2,(H,15,16)(H,18,19). The molecule has 0 unspecified atom stereocenters. The van der Waals surface area contributed by atoms with Crippen LogP contribution in [-0.4, -0.2) is 48.9 Å². The van der Waals surface area contributed by atoms with Crippen molar-refractivity contribution in [2.75, 3.05) is 43.1 Å². The molecule has 6 nitrogen and oxygen atoms in total. The van der Waals surface area contributed by atoms with Gasteiger partial charge >= 0.3 is 5.97 Å². The number of morpholine rings is 1. The van der Waals surface area contributed by atoms with E-state index in [1.54, 1.807) is 0 Å². The monoisotopic (exact) mass is 291 g/mol. The van der Waals surface area contributed by atoms with E-state index in [0.717, 1.165) is 0 Å². The molecule has 0 aliphatic carbocycles. The Morgan fingerprint density at radius 2 is 1.95 bits per heavy atom. The van der Waals surface area contributed by atoms with Crippen LogP contribution in [0.1, 0.15) is 0 Å². The minimum absolute atomic E-state index is 0.204. The molecule has 1 saturated heterocycles. The second kappa shape index (κ2) is 5.95. The summed E-state index contributed by atoms with van der Waals surface area (Å²) in [5, 5.41) is 10.6. The highest BCUT2D eigenvalue weighted by atomic mass is 19.2. The molecule has 0 spiro atoms. The molecule has 1 aliphatic heterocycles. The average molecular weight is 291 g/mol. The average Bonchev–Trinajstić information content (AvgIpc) is 2.43. The Balaban J connectivity index is 2.35. The number of carboxylic acids is 1. The van der Waals surface area contributed by atoms with E-state index in [1.165, 1.54) is 4.90 Å². The van der Waals surface area contributed by atoms with Gasteiger partial charge in [0.25, 0.3) is 5.95 Å². The normalized spacial score (nSPS) is 15.2. The predicted octanol–water partition coefficient (Wildman–Crippen LogP) is 0.832. The smallest absolute Gasteiger partial charge is 0.322 e. The van der Waals surface area contributed by atoms with Crippen molar-refractivity contribution in [1.82, 2.24) is 4.98 Å². The molecule has 1 fully saturated rings. The molecule has 0 aromatic carbocycles. The first-order valence-corrected chi connectivity index (χ1v) is 5.83. The number of aliphatic carboxylic acids is 1. The Morgan fingerprint density at radius 1 is 1.30 bits per heavy atom. The zero-order valence-electron chi connectivity index (χ0n) is 10.3. The van der Waals surface area contributed by atoms with Crippen molar-refractivity contribution in [1.29, 1.82) is 0 Å². The van der Waals surface area contributed by atoms with E-state index in [1.807, 2.05) is 0 Å². The van der Waals surface area contributed by atoms with Gasteiger partial charge in [-0.05, 0) is 0 Å². The van der Waals surface area contributed by atoms with Crippen LogP contribution >= 0.6 is 0 Å².